The second kappa shape index (κ2) is 6.74. The van der Waals surface area contributed by atoms with E-state index in [4.69, 9.17) is 9.15 Å². The predicted molar refractivity (Wildman–Crippen MR) is 71.4 cm³/mol. The van der Waals surface area contributed by atoms with Gasteiger partial charge in [0.1, 0.15) is 0 Å². The molecule has 0 N–H and O–H groups in total. The summed E-state index contributed by atoms with van der Waals surface area (Å²) >= 11 is 1.13. The zero-order valence-corrected chi connectivity index (χ0v) is 12.3. The standard InChI is InChI=1S/C12H17N3O4S/c1-3-15(8-5-6-8)9(16)7-20-12-14-13-10(19-12)11(17)18-4-2/h8H,3-7H2,1-2H3. The number of aromatic nitrogens is 2. The van der Waals surface area contributed by atoms with E-state index in [1.165, 1.54) is 0 Å². The molecule has 0 radical (unpaired) electrons. The van der Waals surface area contributed by atoms with Crippen LogP contribution in [0.25, 0.3) is 0 Å². The summed E-state index contributed by atoms with van der Waals surface area (Å²) in [5.74, 6) is -0.548. The second-order valence-electron chi connectivity index (χ2n) is 4.29. The number of nitrogens with zero attached hydrogens (tertiary/aromatic N) is 3. The minimum atomic E-state index is -0.647. The van der Waals surface area contributed by atoms with Gasteiger partial charge in [-0.3, -0.25) is 4.79 Å². The highest BCUT2D eigenvalue weighted by molar-refractivity contribution is 7.99. The van der Waals surface area contributed by atoms with E-state index in [1.54, 1.807) is 6.92 Å². The Kier molecular flexibility index (Phi) is 4.99. The third-order valence-corrected chi connectivity index (χ3v) is 3.63. The van der Waals surface area contributed by atoms with Crippen LogP contribution in [0.1, 0.15) is 37.4 Å². The molecule has 0 bridgehead atoms. The monoisotopic (exact) mass is 299 g/mol. The summed E-state index contributed by atoms with van der Waals surface area (Å²) in [6, 6.07) is 0.394. The fraction of sp³-hybridized carbons (Fsp3) is 0.667. The van der Waals surface area contributed by atoms with Crippen LogP contribution in [-0.4, -0.2) is 51.9 Å². The van der Waals surface area contributed by atoms with Gasteiger partial charge in [-0.05, 0) is 26.7 Å². The molecule has 1 aromatic heterocycles. The molecule has 1 heterocycles. The van der Waals surface area contributed by atoms with Gasteiger partial charge < -0.3 is 14.1 Å². The highest BCUT2D eigenvalue weighted by Crippen LogP contribution is 2.27. The molecule has 8 heteroatoms. The fourth-order valence-electron chi connectivity index (χ4n) is 1.77. The largest absolute Gasteiger partial charge is 0.459 e. The SMILES string of the molecule is CCOC(=O)c1nnc(SCC(=O)N(CC)C2CC2)o1. The van der Waals surface area contributed by atoms with Crippen molar-refractivity contribution in [1.82, 2.24) is 15.1 Å². The van der Waals surface area contributed by atoms with Crippen LogP contribution in [-0.2, 0) is 9.53 Å². The van der Waals surface area contributed by atoms with Gasteiger partial charge in [-0.15, -0.1) is 5.10 Å². The van der Waals surface area contributed by atoms with Crippen molar-refractivity contribution in [3.8, 4) is 0 Å². The fourth-order valence-corrected chi connectivity index (χ4v) is 2.42. The molecule has 7 nitrogen and oxygen atoms in total. The van der Waals surface area contributed by atoms with Gasteiger partial charge >= 0.3 is 11.9 Å². The van der Waals surface area contributed by atoms with Gasteiger partial charge in [-0.1, -0.05) is 16.9 Å². The van der Waals surface area contributed by atoms with Crippen LogP contribution in [0.2, 0.25) is 0 Å². The first-order chi connectivity index (χ1) is 9.65. The first-order valence-electron chi connectivity index (χ1n) is 6.58. The van der Waals surface area contributed by atoms with E-state index >= 15 is 0 Å². The summed E-state index contributed by atoms with van der Waals surface area (Å²) in [6.45, 7) is 4.61. The Morgan fingerprint density at radius 3 is 2.75 bits per heavy atom. The van der Waals surface area contributed by atoms with Crippen LogP contribution in [0.4, 0.5) is 0 Å². The van der Waals surface area contributed by atoms with E-state index in [0.29, 0.717) is 12.6 Å². The van der Waals surface area contributed by atoms with E-state index < -0.39 is 5.97 Å². The van der Waals surface area contributed by atoms with Crippen molar-refractivity contribution in [2.24, 2.45) is 0 Å². The molecule has 0 aliphatic heterocycles. The van der Waals surface area contributed by atoms with Crippen LogP contribution < -0.4 is 0 Å². The number of thioether (sulfide) groups is 1. The van der Waals surface area contributed by atoms with Crippen LogP contribution in [0.3, 0.4) is 0 Å². The highest BCUT2D eigenvalue weighted by Gasteiger charge is 2.31. The molecule has 0 aromatic carbocycles. The average Bonchev–Trinajstić information content (AvgIpc) is 3.15. The summed E-state index contributed by atoms with van der Waals surface area (Å²) in [5.41, 5.74) is 0. The molecule has 0 spiro atoms. The van der Waals surface area contributed by atoms with Crippen molar-refractivity contribution in [1.29, 1.82) is 0 Å². The molecule has 110 valence electrons. The number of carbonyl (C=O) groups excluding carboxylic acids is 2. The van der Waals surface area contributed by atoms with Gasteiger partial charge in [0.25, 0.3) is 5.22 Å². The molecule has 1 aliphatic rings. The molecule has 20 heavy (non-hydrogen) atoms. The molecule has 1 amide bonds. The lowest BCUT2D eigenvalue weighted by molar-refractivity contribution is -0.128. The molecule has 0 saturated heterocycles. The number of carbonyl (C=O) groups is 2. The molecular formula is C12H17N3O4S. The van der Waals surface area contributed by atoms with Crippen molar-refractivity contribution in [3.05, 3.63) is 5.89 Å². The topological polar surface area (TPSA) is 85.5 Å². The highest BCUT2D eigenvalue weighted by atomic mass is 32.2. The van der Waals surface area contributed by atoms with E-state index in [9.17, 15) is 9.59 Å². The molecule has 1 aliphatic carbocycles. The van der Waals surface area contributed by atoms with Gasteiger partial charge in [0.05, 0.1) is 12.4 Å². The van der Waals surface area contributed by atoms with Crippen molar-refractivity contribution in [2.75, 3.05) is 18.9 Å². The minimum Gasteiger partial charge on any atom is -0.459 e. The van der Waals surface area contributed by atoms with Crippen molar-refractivity contribution in [2.45, 2.75) is 38.0 Å². The average molecular weight is 299 g/mol. The van der Waals surface area contributed by atoms with Crippen LogP contribution in [0.15, 0.2) is 9.64 Å². The number of amides is 1. The Morgan fingerprint density at radius 1 is 1.40 bits per heavy atom. The first-order valence-corrected chi connectivity index (χ1v) is 7.57. The molecule has 2 rings (SSSR count). The summed E-state index contributed by atoms with van der Waals surface area (Å²) in [6.07, 6.45) is 2.16. The number of rotatable bonds is 7. The van der Waals surface area contributed by atoms with E-state index in [1.807, 2.05) is 11.8 Å². The lowest BCUT2D eigenvalue weighted by Gasteiger charge is -2.19. The summed E-state index contributed by atoms with van der Waals surface area (Å²) in [5, 5.41) is 7.50. The van der Waals surface area contributed by atoms with Crippen LogP contribution >= 0.6 is 11.8 Å². The third-order valence-electron chi connectivity index (χ3n) is 2.82. The van der Waals surface area contributed by atoms with Gasteiger partial charge in [0, 0.05) is 12.6 Å². The van der Waals surface area contributed by atoms with Gasteiger partial charge in [-0.25, -0.2) is 4.79 Å². The maximum atomic E-state index is 12.0. The Bertz CT molecular complexity index is 487. The van der Waals surface area contributed by atoms with Gasteiger partial charge in [0.15, 0.2) is 0 Å². The zero-order valence-electron chi connectivity index (χ0n) is 11.5. The third kappa shape index (κ3) is 3.72. The second-order valence-corrected chi connectivity index (χ2v) is 5.22. The van der Waals surface area contributed by atoms with Crippen molar-refractivity contribution >= 4 is 23.6 Å². The Labute approximate surface area is 121 Å². The Morgan fingerprint density at radius 2 is 2.15 bits per heavy atom. The number of esters is 1. The summed E-state index contributed by atoms with van der Waals surface area (Å²) in [7, 11) is 0. The quantitative estimate of drug-likeness (QED) is 0.555. The number of ether oxygens (including phenoxy) is 1. The van der Waals surface area contributed by atoms with Gasteiger partial charge in [-0.2, -0.15) is 0 Å². The van der Waals surface area contributed by atoms with E-state index in [2.05, 4.69) is 10.2 Å². The normalized spacial score (nSPS) is 14.1. The molecular weight excluding hydrogens is 282 g/mol. The number of hydrogen-bond acceptors (Lipinski definition) is 7. The van der Waals surface area contributed by atoms with E-state index in [0.717, 1.165) is 24.6 Å². The minimum absolute atomic E-state index is 0.0517. The Balaban J connectivity index is 1.84. The van der Waals surface area contributed by atoms with E-state index in [-0.39, 0.29) is 29.4 Å². The zero-order chi connectivity index (χ0) is 14.5. The lowest BCUT2D eigenvalue weighted by atomic mass is 10.4. The number of hydrogen-bond donors (Lipinski definition) is 0. The van der Waals surface area contributed by atoms with Gasteiger partial charge in [0.2, 0.25) is 5.91 Å². The molecule has 1 fully saturated rings. The molecule has 1 aromatic rings. The maximum Gasteiger partial charge on any atom is 0.396 e. The lowest BCUT2D eigenvalue weighted by Crippen LogP contribution is -2.34. The Hall–Kier alpha value is -1.57. The van der Waals surface area contributed by atoms with Crippen LogP contribution in [0.5, 0.6) is 0 Å². The summed E-state index contributed by atoms with van der Waals surface area (Å²) < 4.78 is 9.88. The molecule has 0 unspecified atom stereocenters. The maximum absolute atomic E-state index is 12.0. The van der Waals surface area contributed by atoms with Crippen LogP contribution in [0, 0.1) is 0 Å². The van der Waals surface area contributed by atoms with Crippen molar-refractivity contribution < 1.29 is 18.7 Å². The smallest absolute Gasteiger partial charge is 0.396 e. The molecule has 0 atom stereocenters. The first kappa shape index (κ1) is 14.8. The predicted octanol–water partition coefficient (Wildman–Crippen LogP) is 1.35. The van der Waals surface area contributed by atoms with Crippen molar-refractivity contribution in [3.63, 3.8) is 0 Å². The molecule has 1 saturated carbocycles. The summed E-state index contributed by atoms with van der Waals surface area (Å²) in [4.78, 5) is 25.2.